The van der Waals surface area contributed by atoms with Crippen LogP contribution in [0.2, 0.25) is 0 Å². The Morgan fingerprint density at radius 1 is 1.36 bits per heavy atom. The maximum absolute atomic E-state index is 3.39. The van der Waals surface area contributed by atoms with Gasteiger partial charge in [0, 0.05) is 0 Å². The van der Waals surface area contributed by atoms with Gasteiger partial charge in [0.2, 0.25) is 0 Å². The smallest absolute Gasteiger partial charge is 0.0743 e. The van der Waals surface area contributed by atoms with E-state index in [1.807, 2.05) is 6.92 Å². The maximum atomic E-state index is 3.39. The Bertz CT molecular complexity index is 148. The van der Waals surface area contributed by atoms with Gasteiger partial charge in [0.25, 0.3) is 0 Å². The van der Waals surface area contributed by atoms with Crippen molar-refractivity contribution < 1.29 is 0 Å². The van der Waals surface area contributed by atoms with E-state index in [1.165, 1.54) is 12.8 Å². The molecule has 0 aliphatic rings. The van der Waals surface area contributed by atoms with Gasteiger partial charge in [-0.2, -0.15) is 0 Å². The van der Waals surface area contributed by atoms with Crippen LogP contribution in [0.4, 0.5) is 0 Å². The fourth-order valence-electron chi connectivity index (χ4n) is 0.934. The third-order valence-corrected chi connectivity index (χ3v) is 1.53. The lowest BCUT2D eigenvalue weighted by atomic mass is 10.1. The van der Waals surface area contributed by atoms with E-state index < -0.39 is 0 Å². The molecule has 1 N–H and O–H groups in total. The van der Waals surface area contributed by atoms with Crippen molar-refractivity contribution in [1.29, 1.82) is 0 Å². The van der Waals surface area contributed by atoms with Crippen molar-refractivity contribution in [2.24, 2.45) is 0 Å². The second kappa shape index (κ2) is 5.21. The molecule has 1 nitrogen and oxygen atoms in total. The van der Waals surface area contributed by atoms with E-state index in [9.17, 15) is 0 Å². The van der Waals surface area contributed by atoms with E-state index in [0.717, 1.165) is 6.54 Å². The maximum Gasteiger partial charge on any atom is 0.0743 e. The fraction of sp³-hybridized carbons (Fsp3) is 0.800. The lowest BCUT2D eigenvalue weighted by Gasteiger charge is -2.19. The summed E-state index contributed by atoms with van der Waals surface area (Å²) in [6.45, 7) is 9.36. The molecule has 0 aliphatic carbocycles. The van der Waals surface area contributed by atoms with Crippen molar-refractivity contribution in [3.05, 3.63) is 0 Å². The normalized spacial score (nSPS) is 10.5. The molecule has 0 aromatic carbocycles. The summed E-state index contributed by atoms with van der Waals surface area (Å²) in [6.07, 6.45) is 2.47. The zero-order chi connectivity index (χ0) is 8.74. The molecule has 0 radical (unpaired) electrons. The van der Waals surface area contributed by atoms with Crippen LogP contribution >= 0.6 is 0 Å². The molecule has 11 heavy (non-hydrogen) atoms. The van der Waals surface area contributed by atoms with E-state index in [2.05, 4.69) is 37.9 Å². The third-order valence-electron chi connectivity index (χ3n) is 1.53. The van der Waals surface area contributed by atoms with Crippen molar-refractivity contribution >= 4 is 0 Å². The van der Waals surface area contributed by atoms with Gasteiger partial charge in [0.15, 0.2) is 0 Å². The van der Waals surface area contributed by atoms with Gasteiger partial charge in [0.1, 0.15) is 0 Å². The van der Waals surface area contributed by atoms with Crippen LogP contribution in [0.3, 0.4) is 0 Å². The number of unbranched alkanes of at least 4 members (excludes halogenated alkanes) is 1. The van der Waals surface area contributed by atoms with E-state index in [4.69, 9.17) is 0 Å². The highest BCUT2D eigenvalue weighted by Gasteiger charge is 2.10. The van der Waals surface area contributed by atoms with Crippen LogP contribution in [0.1, 0.15) is 40.5 Å². The first-order chi connectivity index (χ1) is 5.12. The molecule has 0 aromatic heterocycles. The molecular formula is C10H19N. The van der Waals surface area contributed by atoms with Crippen molar-refractivity contribution in [3.8, 4) is 11.8 Å². The van der Waals surface area contributed by atoms with Gasteiger partial charge >= 0.3 is 0 Å². The minimum atomic E-state index is -0.01000. The van der Waals surface area contributed by atoms with Crippen LogP contribution in [0, 0.1) is 11.8 Å². The summed E-state index contributed by atoms with van der Waals surface area (Å²) in [5, 5.41) is 3.39. The molecule has 0 atom stereocenters. The molecule has 1 heteroatoms. The summed E-state index contributed by atoms with van der Waals surface area (Å²) in [4.78, 5) is 0. The van der Waals surface area contributed by atoms with E-state index >= 15 is 0 Å². The number of rotatable bonds is 4. The highest BCUT2D eigenvalue weighted by molar-refractivity contribution is 5.12. The molecule has 0 bridgehead atoms. The second-order valence-corrected chi connectivity index (χ2v) is 3.28. The highest BCUT2D eigenvalue weighted by atomic mass is 14.9. The topological polar surface area (TPSA) is 12.0 Å². The first-order valence-corrected chi connectivity index (χ1v) is 4.31. The van der Waals surface area contributed by atoms with Crippen LogP contribution in [-0.2, 0) is 0 Å². The quantitative estimate of drug-likeness (QED) is 0.482. The minimum Gasteiger partial charge on any atom is -0.302 e. The van der Waals surface area contributed by atoms with Crippen LogP contribution in [0.5, 0.6) is 0 Å². The average molecular weight is 153 g/mol. The molecule has 0 saturated carbocycles. The Hall–Kier alpha value is -0.480. The Morgan fingerprint density at radius 3 is 2.45 bits per heavy atom. The van der Waals surface area contributed by atoms with Crippen LogP contribution in [0.25, 0.3) is 0 Å². The zero-order valence-corrected chi connectivity index (χ0v) is 8.12. The predicted molar refractivity (Wildman–Crippen MR) is 50.4 cm³/mol. The summed E-state index contributed by atoms with van der Waals surface area (Å²) in [5.74, 6) is 6.04. The Balaban J connectivity index is 3.61. The molecule has 0 amide bonds. The van der Waals surface area contributed by atoms with Crippen molar-refractivity contribution in [1.82, 2.24) is 5.32 Å². The SMILES string of the molecule is CC#CC(C)(C)NCCCC. The summed E-state index contributed by atoms with van der Waals surface area (Å²) >= 11 is 0. The summed E-state index contributed by atoms with van der Waals surface area (Å²) in [6, 6.07) is 0. The van der Waals surface area contributed by atoms with E-state index in [0.29, 0.717) is 0 Å². The lowest BCUT2D eigenvalue weighted by Crippen LogP contribution is -2.38. The van der Waals surface area contributed by atoms with Gasteiger partial charge < -0.3 is 5.32 Å². The Kier molecular flexibility index (Phi) is 4.98. The van der Waals surface area contributed by atoms with E-state index in [-0.39, 0.29) is 5.54 Å². The minimum absolute atomic E-state index is 0.01000. The summed E-state index contributed by atoms with van der Waals surface area (Å²) < 4.78 is 0. The number of hydrogen-bond donors (Lipinski definition) is 1. The highest BCUT2D eigenvalue weighted by Crippen LogP contribution is 1.99. The lowest BCUT2D eigenvalue weighted by molar-refractivity contribution is 0.482. The van der Waals surface area contributed by atoms with E-state index in [1.54, 1.807) is 0 Å². The van der Waals surface area contributed by atoms with Gasteiger partial charge in [-0.3, -0.25) is 0 Å². The molecule has 0 aromatic rings. The van der Waals surface area contributed by atoms with Gasteiger partial charge in [-0.1, -0.05) is 19.3 Å². The largest absolute Gasteiger partial charge is 0.302 e. The number of nitrogens with one attached hydrogen (secondary N) is 1. The second-order valence-electron chi connectivity index (χ2n) is 3.28. The predicted octanol–water partition coefficient (Wildman–Crippen LogP) is 2.18. The van der Waals surface area contributed by atoms with Crippen molar-refractivity contribution in [3.63, 3.8) is 0 Å². The van der Waals surface area contributed by atoms with Gasteiger partial charge in [-0.25, -0.2) is 0 Å². The molecule has 0 rings (SSSR count). The number of hydrogen-bond acceptors (Lipinski definition) is 1. The zero-order valence-electron chi connectivity index (χ0n) is 8.12. The van der Waals surface area contributed by atoms with Gasteiger partial charge in [-0.15, -0.1) is 5.92 Å². The standard InChI is InChI=1S/C10H19N/c1-5-7-9-11-10(3,4)8-6-2/h11H,5,7,9H2,1-4H3. The molecular weight excluding hydrogens is 134 g/mol. The molecule has 0 aliphatic heterocycles. The molecule has 0 spiro atoms. The van der Waals surface area contributed by atoms with Gasteiger partial charge in [0.05, 0.1) is 5.54 Å². The molecule has 0 heterocycles. The first kappa shape index (κ1) is 10.5. The Labute approximate surface area is 70.6 Å². The van der Waals surface area contributed by atoms with Crippen LogP contribution < -0.4 is 5.32 Å². The summed E-state index contributed by atoms with van der Waals surface area (Å²) in [7, 11) is 0. The first-order valence-electron chi connectivity index (χ1n) is 4.31. The van der Waals surface area contributed by atoms with Crippen LogP contribution in [-0.4, -0.2) is 12.1 Å². The van der Waals surface area contributed by atoms with Crippen molar-refractivity contribution in [2.45, 2.75) is 46.1 Å². The molecule has 0 saturated heterocycles. The van der Waals surface area contributed by atoms with Crippen molar-refractivity contribution in [2.75, 3.05) is 6.54 Å². The third kappa shape index (κ3) is 5.94. The fourth-order valence-corrected chi connectivity index (χ4v) is 0.934. The Morgan fingerprint density at radius 2 is 2.00 bits per heavy atom. The monoisotopic (exact) mass is 153 g/mol. The van der Waals surface area contributed by atoms with Gasteiger partial charge in [-0.05, 0) is 33.7 Å². The average Bonchev–Trinajstić information content (AvgIpc) is 1.87. The summed E-state index contributed by atoms with van der Waals surface area (Å²) in [5.41, 5.74) is -0.01000. The molecule has 0 unspecified atom stereocenters. The van der Waals surface area contributed by atoms with Crippen LogP contribution in [0.15, 0.2) is 0 Å². The molecule has 64 valence electrons. The molecule has 0 fully saturated rings.